The maximum Gasteiger partial charge on any atom is 0.225 e. The summed E-state index contributed by atoms with van der Waals surface area (Å²) in [5.74, 6) is -0.0706. The zero-order valence-corrected chi connectivity index (χ0v) is 6.63. The molecule has 0 aliphatic carbocycles. The molecular weight excluding hydrogens is 170 g/mol. The van der Waals surface area contributed by atoms with Crippen molar-refractivity contribution in [1.29, 1.82) is 0 Å². The van der Waals surface area contributed by atoms with Crippen LogP contribution < -0.4 is 0 Å². The van der Waals surface area contributed by atoms with Crippen molar-refractivity contribution in [2.75, 3.05) is 6.61 Å². The molecule has 0 amide bonds. The predicted molar refractivity (Wildman–Crippen MR) is 35.3 cm³/mol. The summed E-state index contributed by atoms with van der Waals surface area (Å²) in [6.45, 7) is 0.0126. The molecule has 0 atom stereocenters. The van der Waals surface area contributed by atoms with Gasteiger partial charge in [0.25, 0.3) is 0 Å². The van der Waals surface area contributed by atoms with E-state index in [0.717, 1.165) is 0 Å². The number of carbonyl (C=O) groups excluding carboxylic acids is 1. The van der Waals surface area contributed by atoms with Gasteiger partial charge >= 0.3 is 0 Å². The summed E-state index contributed by atoms with van der Waals surface area (Å²) in [6, 6.07) is 0. The van der Waals surface area contributed by atoms with Crippen LogP contribution in [0.15, 0.2) is 0 Å². The van der Waals surface area contributed by atoms with Gasteiger partial charge in [0.15, 0.2) is 5.78 Å². The number of ketones is 1. The molecule has 0 rings (SSSR count). The van der Waals surface area contributed by atoms with Gasteiger partial charge in [-0.1, -0.05) is 0 Å². The van der Waals surface area contributed by atoms with Crippen molar-refractivity contribution in [2.45, 2.75) is 6.92 Å². The van der Waals surface area contributed by atoms with Gasteiger partial charge in [0, 0.05) is 0 Å². The van der Waals surface area contributed by atoms with Gasteiger partial charge in [-0.25, -0.2) is 0 Å². The van der Waals surface area contributed by atoms with Crippen LogP contribution in [0, 0.1) is 0 Å². The van der Waals surface area contributed by atoms with Crippen molar-refractivity contribution < 1.29 is 9.32 Å². The van der Waals surface area contributed by atoms with Crippen molar-refractivity contribution in [2.24, 2.45) is 0 Å². The SMILES string of the molecule is CC(=O)COP(Cl)Cl. The molecule has 0 saturated carbocycles. The van der Waals surface area contributed by atoms with Crippen LogP contribution in [0.3, 0.4) is 0 Å². The zero-order valence-electron chi connectivity index (χ0n) is 4.23. The van der Waals surface area contributed by atoms with E-state index in [-0.39, 0.29) is 12.4 Å². The maximum absolute atomic E-state index is 10.1. The number of hydrogen-bond acceptors (Lipinski definition) is 2. The molecule has 2 nitrogen and oxygen atoms in total. The summed E-state index contributed by atoms with van der Waals surface area (Å²) in [6.07, 6.45) is 0. The second kappa shape index (κ2) is 4.51. The summed E-state index contributed by atoms with van der Waals surface area (Å²) >= 11 is 10.4. The molecule has 0 heterocycles. The van der Waals surface area contributed by atoms with Crippen LogP contribution in [0.4, 0.5) is 0 Å². The molecule has 0 N–H and O–H groups in total. The average molecular weight is 175 g/mol. The molecule has 0 aromatic carbocycles. The van der Waals surface area contributed by atoms with E-state index in [4.69, 9.17) is 22.5 Å². The van der Waals surface area contributed by atoms with Crippen molar-refractivity contribution in [3.05, 3.63) is 0 Å². The van der Waals surface area contributed by atoms with Crippen LogP contribution in [0.2, 0.25) is 0 Å². The normalized spacial score (nSPS) is 10.0. The Bertz CT molecular complexity index is 85.4. The van der Waals surface area contributed by atoms with Crippen molar-refractivity contribution >= 4 is 35.1 Å². The van der Waals surface area contributed by atoms with Gasteiger partial charge in [-0.05, 0) is 29.4 Å². The highest BCUT2D eigenvalue weighted by molar-refractivity contribution is 8.00. The lowest BCUT2D eigenvalue weighted by Crippen LogP contribution is -1.97. The van der Waals surface area contributed by atoms with E-state index in [1.54, 1.807) is 0 Å². The molecule has 5 heteroatoms. The zero-order chi connectivity index (χ0) is 6.57. The van der Waals surface area contributed by atoms with Gasteiger partial charge < -0.3 is 4.52 Å². The third-order valence-electron chi connectivity index (χ3n) is 0.365. The lowest BCUT2D eigenvalue weighted by molar-refractivity contribution is -0.118. The molecule has 0 aliphatic rings. The Balaban J connectivity index is 3.05. The summed E-state index contributed by atoms with van der Waals surface area (Å²) in [7, 11) is 0. The van der Waals surface area contributed by atoms with Crippen LogP contribution in [0.5, 0.6) is 0 Å². The first-order chi connectivity index (χ1) is 3.63. The van der Waals surface area contributed by atoms with Crippen molar-refractivity contribution in [3.63, 3.8) is 0 Å². The first-order valence-electron chi connectivity index (χ1n) is 1.87. The molecular formula is C3H5Cl2O2P. The van der Waals surface area contributed by atoms with Gasteiger partial charge in [0.1, 0.15) is 6.61 Å². The van der Waals surface area contributed by atoms with E-state index in [2.05, 4.69) is 4.52 Å². The highest BCUT2D eigenvalue weighted by atomic mass is 35.9. The first kappa shape index (κ1) is 8.64. The molecule has 48 valence electrons. The fourth-order valence-electron chi connectivity index (χ4n) is 0.140. The van der Waals surface area contributed by atoms with Gasteiger partial charge in [0.05, 0.1) is 0 Å². The van der Waals surface area contributed by atoms with Crippen LogP contribution in [0.25, 0.3) is 0 Å². The van der Waals surface area contributed by atoms with Gasteiger partial charge in [-0.3, -0.25) is 4.79 Å². The monoisotopic (exact) mass is 174 g/mol. The summed E-state index contributed by atoms with van der Waals surface area (Å²) < 4.78 is 4.55. The number of rotatable bonds is 3. The minimum absolute atomic E-state index is 0.0126. The maximum atomic E-state index is 10.1. The molecule has 0 radical (unpaired) electrons. The van der Waals surface area contributed by atoms with Gasteiger partial charge in [0.2, 0.25) is 6.85 Å². The number of hydrogen-bond donors (Lipinski definition) is 0. The molecule has 0 aromatic rings. The van der Waals surface area contributed by atoms with Crippen molar-refractivity contribution in [1.82, 2.24) is 0 Å². The predicted octanol–water partition coefficient (Wildman–Crippen LogP) is 2.30. The van der Waals surface area contributed by atoms with E-state index >= 15 is 0 Å². The Morgan fingerprint density at radius 3 is 2.38 bits per heavy atom. The van der Waals surface area contributed by atoms with E-state index in [0.29, 0.717) is 0 Å². The summed E-state index contributed by atoms with van der Waals surface area (Å²) in [4.78, 5) is 10.1. The first-order valence-corrected chi connectivity index (χ1v) is 4.94. The second-order valence-electron chi connectivity index (χ2n) is 1.18. The van der Waals surface area contributed by atoms with Crippen molar-refractivity contribution in [3.8, 4) is 0 Å². The Kier molecular flexibility index (Phi) is 4.87. The topological polar surface area (TPSA) is 26.3 Å². The molecule has 0 aliphatic heterocycles. The molecule has 0 saturated heterocycles. The molecule has 0 bridgehead atoms. The average Bonchev–Trinajstić information content (AvgIpc) is 1.61. The Labute approximate surface area is 58.5 Å². The van der Waals surface area contributed by atoms with E-state index in [9.17, 15) is 4.79 Å². The summed E-state index contributed by atoms with van der Waals surface area (Å²) in [5, 5.41) is 0. The minimum Gasteiger partial charge on any atom is -0.324 e. The van der Waals surface area contributed by atoms with Gasteiger partial charge in [-0.2, -0.15) is 0 Å². The minimum atomic E-state index is -1.41. The Morgan fingerprint density at radius 1 is 1.75 bits per heavy atom. The van der Waals surface area contributed by atoms with Crippen LogP contribution in [-0.4, -0.2) is 12.4 Å². The highest BCUT2D eigenvalue weighted by Crippen LogP contribution is 2.47. The lowest BCUT2D eigenvalue weighted by atomic mass is 10.5. The third-order valence-corrected chi connectivity index (χ3v) is 1.28. The van der Waals surface area contributed by atoms with Crippen LogP contribution >= 0.6 is 29.3 Å². The smallest absolute Gasteiger partial charge is 0.225 e. The number of Topliss-reactive ketones (excluding diaryl/α,β-unsaturated/α-hetero) is 1. The fraction of sp³-hybridized carbons (Fsp3) is 0.667. The number of halogens is 2. The molecule has 0 aromatic heterocycles. The van der Waals surface area contributed by atoms with Gasteiger partial charge in [-0.15, -0.1) is 0 Å². The fourth-order valence-corrected chi connectivity index (χ4v) is 0.712. The third kappa shape index (κ3) is 6.64. The van der Waals surface area contributed by atoms with E-state index in [1.165, 1.54) is 6.92 Å². The second-order valence-corrected chi connectivity index (χ2v) is 4.20. The Morgan fingerprint density at radius 2 is 2.25 bits per heavy atom. The quantitative estimate of drug-likeness (QED) is 0.615. The number of carbonyl (C=O) groups is 1. The Hall–Kier alpha value is 0.640. The standard InChI is InChI=1S/C3H5Cl2O2P/c1-3(6)2-7-8(4)5/h2H2,1H3. The molecule has 8 heavy (non-hydrogen) atoms. The molecule has 0 unspecified atom stereocenters. The van der Waals surface area contributed by atoms with E-state index in [1.807, 2.05) is 0 Å². The van der Waals surface area contributed by atoms with E-state index < -0.39 is 6.85 Å². The molecule has 0 spiro atoms. The lowest BCUT2D eigenvalue weighted by Gasteiger charge is -1.96. The van der Waals surface area contributed by atoms with Crippen LogP contribution in [-0.2, 0) is 9.32 Å². The largest absolute Gasteiger partial charge is 0.324 e. The summed E-state index contributed by atoms with van der Waals surface area (Å²) in [5.41, 5.74) is 0. The highest BCUT2D eigenvalue weighted by Gasteiger charge is 1.99. The molecule has 0 fully saturated rings. The van der Waals surface area contributed by atoms with Crippen LogP contribution in [0.1, 0.15) is 6.92 Å².